The standard InChI is InChI=1S/C10H17N3O/c1-8(2)13(7-5-11)9-4-6-12(3)10(9)14/h8-9H,4,6-7H2,1-3H3. The van der Waals surface area contributed by atoms with E-state index in [2.05, 4.69) is 6.07 Å². The first-order chi connectivity index (χ1) is 6.57. The Morgan fingerprint density at radius 1 is 1.71 bits per heavy atom. The van der Waals surface area contributed by atoms with Gasteiger partial charge in [-0.2, -0.15) is 5.26 Å². The van der Waals surface area contributed by atoms with Crippen LogP contribution in [0.5, 0.6) is 0 Å². The van der Waals surface area contributed by atoms with Crippen LogP contribution in [0.1, 0.15) is 20.3 Å². The summed E-state index contributed by atoms with van der Waals surface area (Å²) in [6, 6.07) is 2.28. The van der Waals surface area contributed by atoms with Crippen LogP contribution < -0.4 is 0 Å². The van der Waals surface area contributed by atoms with E-state index >= 15 is 0 Å². The Bertz CT molecular complexity index is 257. The van der Waals surface area contributed by atoms with E-state index in [0.717, 1.165) is 13.0 Å². The summed E-state index contributed by atoms with van der Waals surface area (Å²) in [6.07, 6.45) is 0.842. The molecule has 1 aliphatic heterocycles. The summed E-state index contributed by atoms with van der Waals surface area (Å²) in [5.74, 6) is 0.147. The molecule has 0 saturated carbocycles. The van der Waals surface area contributed by atoms with Crippen LogP contribution in [0.3, 0.4) is 0 Å². The highest BCUT2D eigenvalue weighted by atomic mass is 16.2. The zero-order valence-corrected chi connectivity index (χ0v) is 9.03. The molecule has 1 fully saturated rings. The van der Waals surface area contributed by atoms with Crippen molar-refractivity contribution in [2.24, 2.45) is 0 Å². The Morgan fingerprint density at radius 3 is 2.71 bits per heavy atom. The monoisotopic (exact) mass is 195 g/mol. The van der Waals surface area contributed by atoms with E-state index in [-0.39, 0.29) is 18.0 Å². The molecule has 0 bridgehead atoms. The minimum atomic E-state index is -0.0837. The highest BCUT2D eigenvalue weighted by Gasteiger charge is 2.34. The van der Waals surface area contributed by atoms with Crippen molar-refractivity contribution in [3.05, 3.63) is 0 Å². The van der Waals surface area contributed by atoms with Crippen molar-refractivity contribution in [3.63, 3.8) is 0 Å². The average Bonchev–Trinajstić information content (AvgIpc) is 2.44. The van der Waals surface area contributed by atoms with E-state index < -0.39 is 0 Å². The van der Waals surface area contributed by atoms with Gasteiger partial charge in [-0.3, -0.25) is 9.69 Å². The summed E-state index contributed by atoms with van der Waals surface area (Å²) in [6.45, 7) is 5.17. The maximum atomic E-state index is 11.7. The van der Waals surface area contributed by atoms with Crippen LogP contribution >= 0.6 is 0 Å². The van der Waals surface area contributed by atoms with Crippen LogP contribution in [0.15, 0.2) is 0 Å². The molecule has 0 aromatic carbocycles. The lowest BCUT2D eigenvalue weighted by atomic mass is 10.1. The molecule has 1 rings (SSSR count). The fourth-order valence-corrected chi connectivity index (χ4v) is 1.85. The Hall–Kier alpha value is -1.08. The third kappa shape index (κ3) is 2.05. The quantitative estimate of drug-likeness (QED) is 0.614. The van der Waals surface area contributed by atoms with Crippen molar-refractivity contribution in [2.45, 2.75) is 32.4 Å². The Labute approximate surface area is 85.1 Å². The highest BCUT2D eigenvalue weighted by molar-refractivity contribution is 5.83. The van der Waals surface area contributed by atoms with Crippen molar-refractivity contribution in [1.82, 2.24) is 9.80 Å². The van der Waals surface area contributed by atoms with Gasteiger partial charge in [0.25, 0.3) is 0 Å². The second-order valence-corrected chi connectivity index (χ2v) is 3.99. The normalized spacial score (nSPS) is 22.1. The Kier molecular flexibility index (Phi) is 3.48. The number of nitriles is 1. The molecule has 0 aliphatic carbocycles. The molecule has 1 aliphatic rings. The van der Waals surface area contributed by atoms with E-state index in [1.165, 1.54) is 0 Å². The van der Waals surface area contributed by atoms with Crippen LogP contribution in [0.2, 0.25) is 0 Å². The van der Waals surface area contributed by atoms with Gasteiger partial charge in [0.05, 0.1) is 18.7 Å². The summed E-state index contributed by atoms with van der Waals surface area (Å²) < 4.78 is 0. The van der Waals surface area contributed by atoms with Crippen molar-refractivity contribution in [2.75, 3.05) is 20.1 Å². The van der Waals surface area contributed by atoms with Crippen molar-refractivity contribution in [3.8, 4) is 6.07 Å². The van der Waals surface area contributed by atoms with E-state index in [9.17, 15) is 4.79 Å². The number of carbonyl (C=O) groups is 1. The van der Waals surface area contributed by atoms with Gasteiger partial charge >= 0.3 is 0 Å². The number of hydrogen-bond donors (Lipinski definition) is 0. The van der Waals surface area contributed by atoms with E-state index in [1.807, 2.05) is 25.8 Å². The van der Waals surface area contributed by atoms with Gasteiger partial charge in [-0.1, -0.05) is 0 Å². The SMILES string of the molecule is CC(C)N(CC#N)C1CCN(C)C1=O. The number of hydrogen-bond acceptors (Lipinski definition) is 3. The lowest BCUT2D eigenvalue weighted by Gasteiger charge is -2.28. The van der Waals surface area contributed by atoms with Crippen LogP contribution in [-0.2, 0) is 4.79 Å². The number of amides is 1. The molecule has 4 heteroatoms. The highest BCUT2D eigenvalue weighted by Crippen LogP contribution is 2.17. The molecule has 1 saturated heterocycles. The number of nitrogens with zero attached hydrogens (tertiary/aromatic N) is 3. The molecule has 0 aromatic rings. The molecule has 1 unspecified atom stereocenters. The van der Waals surface area contributed by atoms with Gasteiger partial charge in [-0.15, -0.1) is 0 Å². The van der Waals surface area contributed by atoms with Gasteiger partial charge < -0.3 is 4.90 Å². The minimum absolute atomic E-state index is 0.0837. The van der Waals surface area contributed by atoms with Gasteiger partial charge in [0, 0.05) is 19.6 Å². The molecule has 4 nitrogen and oxygen atoms in total. The second kappa shape index (κ2) is 4.43. The van der Waals surface area contributed by atoms with Gasteiger partial charge in [0.2, 0.25) is 5.91 Å². The topological polar surface area (TPSA) is 47.3 Å². The largest absolute Gasteiger partial charge is 0.344 e. The molecule has 1 atom stereocenters. The lowest BCUT2D eigenvalue weighted by Crippen LogP contribution is -2.45. The van der Waals surface area contributed by atoms with Gasteiger partial charge in [0.15, 0.2) is 0 Å². The zero-order chi connectivity index (χ0) is 10.7. The van der Waals surface area contributed by atoms with Crippen LogP contribution in [-0.4, -0.2) is 47.9 Å². The Morgan fingerprint density at radius 2 is 2.36 bits per heavy atom. The molecule has 0 spiro atoms. The van der Waals surface area contributed by atoms with Crippen molar-refractivity contribution in [1.29, 1.82) is 5.26 Å². The first-order valence-electron chi connectivity index (χ1n) is 4.95. The smallest absolute Gasteiger partial charge is 0.239 e. The minimum Gasteiger partial charge on any atom is -0.344 e. The molecule has 1 amide bonds. The zero-order valence-electron chi connectivity index (χ0n) is 9.03. The van der Waals surface area contributed by atoms with E-state index in [1.54, 1.807) is 4.90 Å². The molecular formula is C10H17N3O. The summed E-state index contributed by atoms with van der Waals surface area (Å²) in [4.78, 5) is 15.4. The first kappa shape index (κ1) is 11.0. The fraction of sp³-hybridized carbons (Fsp3) is 0.800. The maximum absolute atomic E-state index is 11.7. The average molecular weight is 195 g/mol. The number of likely N-dealkylation sites (tertiary alicyclic amines) is 1. The molecule has 0 aromatic heterocycles. The molecule has 78 valence electrons. The number of carbonyl (C=O) groups excluding carboxylic acids is 1. The van der Waals surface area contributed by atoms with Crippen LogP contribution in [0, 0.1) is 11.3 Å². The third-order valence-electron chi connectivity index (χ3n) is 2.72. The summed E-state index contributed by atoms with van der Waals surface area (Å²) >= 11 is 0. The van der Waals surface area contributed by atoms with E-state index in [0.29, 0.717) is 6.54 Å². The van der Waals surface area contributed by atoms with E-state index in [4.69, 9.17) is 5.26 Å². The number of likely N-dealkylation sites (N-methyl/N-ethyl adjacent to an activating group) is 1. The van der Waals surface area contributed by atoms with Gasteiger partial charge in [-0.05, 0) is 20.3 Å². The predicted molar refractivity (Wildman–Crippen MR) is 53.5 cm³/mol. The maximum Gasteiger partial charge on any atom is 0.239 e. The predicted octanol–water partition coefficient (Wildman–Crippen LogP) is 0.451. The van der Waals surface area contributed by atoms with Crippen molar-refractivity contribution < 1.29 is 4.79 Å². The van der Waals surface area contributed by atoms with Gasteiger partial charge in [0.1, 0.15) is 0 Å². The summed E-state index contributed by atoms with van der Waals surface area (Å²) in [5.41, 5.74) is 0. The molecular weight excluding hydrogens is 178 g/mol. The first-order valence-corrected chi connectivity index (χ1v) is 4.95. The van der Waals surface area contributed by atoms with Crippen LogP contribution in [0.25, 0.3) is 0 Å². The lowest BCUT2D eigenvalue weighted by molar-refractivity contribution is -0.131. The summed E-state index contributed by atoms with van der Waals surface area (Å²) in [5, 5.41) is 8.68. The Balaban J connectivity index is 2.70. The van der Waals surface area contributed by atoms with Crippen LogP contribution in [0.4, 0.5) is 0 Å². The molecule has 0 N–H and O–H groups in total. The number of rotatable bonds is 3. The molecule has 1 heterocycles. The summed E-state index contributed by atoms with van der Waals surface area (Å²) in [7, 11) is 1.81. The second-order valence-electron chi connectivity index (χ2n) is 3.99. The third-order valence-corrected chi connectivity index (χ3v) is 2.72. The fourth-order valence-electron chi connectivity index (χ4n) is 1.85. The molecule has 14 heavy (non-hydrogen) atoms. The molecule has 0 radical (unpaired) electrons. The van der Waals surface area contributed by atoms with Crippen molar-refractivity contribution >= 4 is 5.91 Å². The van der Waals surface area contributed by atoms with Gasteiger partial charge in [-0.25, -0.2) is 0 Å².